The van der Waals surface area contributed by atoms with E-state index in [4.69, 9.17) is 4.74 Å². The Morgan fingerprint density at radius 2 is 2.00 bits per heavy atom. The van der Waals surface area contributed by atoms with E-state index in [0.717, 1.165) is 18.5 Å². The molecule has 0 saturated heterocycles. The number of hydrogen-bond acceptors (Lipinski definition) is 5. The fourth-order valence-electron chi connectivity index (χ4n) is 3.52. The minimum absolute atomic E-state index is 0.0223. The second-order valence-corrected chi connectivity index (χ2v) is 8.10. The van der Waals surface area contributed by atoms with Crippen LogP contribution in [0.2, 0.25) is 0 Å². The molecule has 2 atom stereocenters. The Balaban J connectivity index is 2.17. The first-order chi connectivity index (χ1) is 15.4. The molecular weight excluding hydrogens is 411 g/mol. The SMILES string of the molecule is CC/C=C1\CN[C@@H](C)COc2cccc(F)c2CCCNC(=O)C(CCC)NC(=O)CN1. The Kier molecular flexibility index (Phi) is 11.0. The molecule has 32 heavy (non-hydrogen) atoms. The van der Waals surface area contributed by atoms with Gasteiger partial charge in [0.2, 0.25) is 11.8 Å². The highest BCUT2D eigenvalue weighted by Gasteiger charge is 2.20. The van der Waals surface area contributed by atoms with Gasteiger partial charge in [-0.05, 0) is 44.7 Å². The monoisotopic (exact) mass is 448 g/mol. The zero-order valence-corrected chi connectivity index (χ0v) is 19.4. The maximum atomic E-state index is 14.4. The lowest BCUT2D eigenvalue weighted by molar-refractivity contribution is -0.128. The Morgan fingerprint density at radius 1 is 1.19 bits per heavy atom. The first-order valence-corrected chi connectivity index (χ1v) is 11.6. The van der Waals surface area contributed by atoms with Crippen molar-refractivity contribution in [3.8, 4) is 5.75 Å². The van der Waals surface area contributed by atoms with E-state index in [0.29, 0.717) is 50.3 Å². The molecule has 0 spiro atoms. The van der Waals surface area contributed by atoms with Crippen molar-refractivity contribution in [1.82, 2.24) is 21.3 Å². The van der Waals surface area contributed by atoms with Crippen LogP contribution in [0.25, 0.3) is 0 Å². The zero-order chi connectivity index (χ0) is 23.3. The van der Waals surface area contributed by atoms with Gasteiger partial charge < -0.3 is 26.0 Å². The Labute approximate surface area is 190 Å². The third kappa shape index (κ3) is 8.49. The predicted molar refractivity (Wildman–Crippen MR) is 124 cm³/mol. The normalized spacial score (nSPS) is 23.1. The molecule has 4 N–H and O–H groups in total. The van der Waals surface area contributed by atoms with Crippen molar-refractivity contribution in [3.05, 3.63) is 41.4 Å². The molecule has 2 rings (SSSR count). The lowest BCUT2D eigenvalue weighted by Crippen LogP contribution is -2.49. The largest absolute Gasteiger partial charge is 0.492 e. The molecule has 0 aliphatic carbocycles. The van der Waals surface area contributed by atoms with Crippen LogP contribution in [0.3, 0.4) is 0 Å². The van der Waals surface area contributed by atoms with Crippen molar-refractivity contribution in [3.63, 3.8) is 0 Å². The van der Waals surface area contributed by atoms with Crippen LogP contribution in [0.15, 0.2) is 30.0 Å². The number of carbonyl (C=O) groups excluding carboxylic acids is 2. The minimum Gasteiger partial charge on any atom is -0.492 e. The highest BCUT2D eigenvalue weighted by Crippen LogP contribution is 2.23. The Morgan fingerprint density at radius 3 is 2.75 bits per heavy atom. The summed E-state index contributed by atoms with van der Waals surface area (Å²) in [6, 6.07) is 4.28. The van der Waals surface area contributed by atoms with Gasteiger partial charge in [-0.2, -0.15) is 0 Å². The van der Waals surface area contributed by atoms with Crippen molar-refractivity contribution >= 4 is 11.8 Å². The van der Waals surface area contributed by atoms with Crippen LogP contribution in [-0.2, 0) is 16.0 Å². The molecule has 1 aromatic carbocycles. The summed E-state index contributed by atoms with van der Waals surface area (Å²) in [5, 5.41) is 12.2. The van der Waals surface area contributed by atoms with E-state index in [1.807, 2.05) is 26.8 Å². The summed E-state index contributed by atoms with van der Waals surface area (Å²) in [5.41, 5.74) is 1.42. The van der Waals surface area contributed by atoms with E-state index in [2.05, 4.69) is 21.3 Å². The average molecular weight is 449 g/mol. The third-order valence-electron chi connectivity index (χ3n) is 5.26. The Bertz CT molecular complexity index is 785. The van der Waals surface area contributed by atoms with Gasteiger partial charge in [-0.1, -0.05) is 32.4 Å². The van der Waals surface area contributed by atoms with Gasteiger partial charge in [-0.25, -0.2) is 4.39 Å². The molecule has 1 heterocycles. The topological polar surface area (TPSA) is 91.5 Å². The van der Waals surface area contributed by atoms with Crippen LogP contribution in [0.5, 0.6) is 5.75 Å². The summed E-state index contributed by atoms with van der Waals surface area (Å²) in [7, 11) is 0. The number of rotatable bonds is 3. The van der Waals surface area contributed by atoms with E-state index in [-0.39, 0.29) is 30.2 Å². The standard InChI is InChI=1S/C24H37FN4O3/c1-4-8-18-14-27-17(3)16-32-22-12-6-11-20(25)19(22)10-7-13-26-24(31)21(9-5-2)29-23(30)15-28-18/h6,8,11-12,17,21,27-28H,4-5,7,9-10,13-16H2,1-3H3,(H,26,31)(H,29,30)/b18-8+/t17-,21?/m0/s1. The van der Waals surface area contributed by atoms with Gasteiger partial charge in [-0.3, -0.25) is 9.59 Å². The van der Waals surface area contributed by atoms with Crippen molar-refractivity contribution in [1.29, 1.82) is 0 Å². The molecule has 7 nitrogen and oxygen atoms in total. The summed E-state index contributed by atoms with van der Waals surface area (Å²) in [4.78, 5) is 25.0. The number of allylic oxidation sites excluding steroid dienone is 1. The molecule has 1 aliphatic heterocycles. The molecule has 0 saturated carbocycles. The number of benzene rings is 1. The number of fused-ring (bicyclic) bond motifs is 1. The van der Waals surface area contributed by atoms with Gasteiger partial charge in [0.15, 0.2) is 0 Å². The quantitative estimate of drug-likeness (QED) is 0.570. The first kappa shape index (κ1) is 25.6. The van der Waals surface area contributed by atoms with Crippen LogP contribution in [0, 0.1) is 5.82 Å². The van der Waals surface area contributed by atoms with Gasteiger partial charge in [0.25, 0.3) is 0 Å². The van der Waals surface area contributed by atoms with Gasteiger partial charge >= 0.3 is 0 Å². The third-order valence-corrected chi connectivity index (χ3v) is 5.26. The molecular formula is C24H37FN4O3. The summed E-state index contributed by atoms with van der Waals surface area (Å²) < 4.78 is 20.3. The van der Waals surface area contributed by atoms with Gasteiger partial charge in [0.1, 0.15) is 24.2 Å². The van der Waals surface area contributed by atoms with Gasteiger partial charge in [0.05, 0.1) is 6.54 Å². The second kappa shape index (κ2) is 13.7. The van der Waals surface area contributed by atoms with Crippen LogP contribution in [-0.4, -0.2) is 50.1 Å². The zero-order valence-electron chi connectivity index (χ0n) is 19.4. The molecule has 178 valence electrons. The molecule has 1 aromatic rings. The highest BCUT2D eigenvalue weighted by atomic mass is 19.1. The van der Waals surface area contributed by atoms with E-state index in [9.17, 15) is 14.0 Å². The summed E-state index contributed by atoms with van der Waals surface area (Å²) in [6.07, 6.45) is 5.18. The molecule has 0 aromatic heterocycles. The van der Waals surface area contributed by atoms with Crippen LogP contribution < -0.4 is 26.0 Å². The highest BCUT2D eigenvalue weighted by molar-refractivity contribution is 5.88. The lowest BCUT2D eigenvalue weighted by Gasteiger charge is -2.21. The van der Waals surface area contributed by atoms with Gasteiger partial charge in [0, 0.05) is 30.4 Å². The lowest BCUT2D eigenvalue weighted by atomic mass is 10.1. The van der Waals surface area contributed by atoms with Gasteiger partial charge in [-0.15, -0.1) is 0 Å². The molecule has 1 unspecified atom stereocenters. The number of hydrogen-bond donors (Lipinski definition) is 4. The molecule has 8 heteroatoms. The number of carbonyl (C=O) groups is 2. The summed E-state index contributed by atoms with van der Waals surface area (Å²) >= 11 is 0. The maximum Gasteiger partial charge on any atom is 0.242 e. The predicted octanol–water partition coefficient (Wildman–Crippen LogP) is 2.41. The van der Waals surface area contributed by atoms with E-state index in [1.54, 1.807) is 12.1 Å². The fraction of sp³-hybridized carbons (Fsp3) is 0.583. The molecule has 0 bridgehead atoms. The number of nitrogens with one attached hydrogen (secondary N) is 4. The van der Waals surface area contributed by atoms with Crippen molar-refractivity contribution in [2.45, 2.75) is 65.0 Å². The molecule has 1 aliphatic rings. The molecule has 2 amide bonds. The van der Waals surface area contributed by atoms with E-state index in [1.165, 1.54) is 6.07 Å². The second-order valence-electron chi connectivity index (χ2n) is 8.10. The smallest absolute Gasteiger partial charge is 0.242 e. The minimum atomic E-state index is -0.586. The number of ether oxygens (including phenoxy) is 1. The van der Waals surface area contributed by atoms with Crippen LogP contribution >= 0.6 is 0 Å². The van der Waals surface area contributed by atoms with Crippen molar-refractivity contribution in [2.75, 3.05) is 26.2 Å². The summed E-state index contributed by atoms with van der Waals surface area (Å²) in [6.45, 7) is 7.41. The number of amides is 2. The first-order valence-electron chi connectivity index (χ1n) is 11.6. The molecule has 0 fully saturated rings. The molecule has 0 radical (unpaired) electrons. The van der Waals surface area contributed by atoms with Crippen LogP contribution in [0.1, 0.15) is 52.0 Å². The van der Waals surface area contributed by atoms with E-state index >= 15 is 0 Å². The van der Waals surface area contributed by atoms with Crippen molar-refractivity contribution in [2.24, 2.45) is 0 Å². The van der Waals surface area contributed by atoms with E-state index < -0.39 is 6.04 Å². The fourth-order valence-corrected chi connectivity index (χ4v) is 3.52. The maximum absolute atomic E-state index is 14.4. The number of halogens is 1. The summed E-state index contributed by atoms with van der Waals surface area (Å²) in [5.74, 6) is -0.220. The van der Waals surface area contributed by atoms with Crippen LogP contribution in [0.4, 0.5) is 4.39 Å². The Hall–Kier alpha value is -2.61. The average Bonchev–Trinajstić information content (AvgIpc) is 2.77. The van der Waals surface area contributed by atoms with Crippen molar-refractivity contribution < 1.29 is 18.7 Å².